The van der Waals surface area contributed by atoms with Gasteiger partial charge in [-0.2, -0.15) is 9.94 Å². The monoisotopic (exact) mass is 402 g/mol. The van der Waals surface area contributed by atoms with Crippen LogP contribution in [-0.2, 0) is 0 Å². The first kappa shape index (κ1) is 19.3. The molecular formula is C19H23FN6O3. The molecule has 4 rings (SSSR count). The number of aromatic nitrogens is 2. The molecule has 2 aromatic rings. The van der Waals surface area contributed by atoms with Crippen molar-refractivity contribution < 1.29 is 9.13 Å². The van der Waals surface area contributed by atoms with Crippen molar-refractivity contribution in [3.63, 3.8) is 0 Å². The van der Waals surface area contributed by atoms with Crippen molar-refractivity contribution >= 4 is 16.6 Å². The quantitative estimate of drug-likeness (QED) is 0.706. The van der Waals surface area contributed by atoms with Gasteiger partial charge < -0.3 is 20.8 Å². The van der Waals surface area contributed by atoms with E-state index in [9.17, 15) is 9.59 Å². The fourth-order valence-electron chi connectivity index (χ4n) is 4.48. The molecule has 2 unspecified atom stereocenters. The third-order valence-electron chi connectivity index (χ3n) is 5.99. The van der Waals surface area contributed by atoms with Gasteiger partial charge in [-0.15, -0.1) is 0 Å². The van der Waals surface area contributed by atoms with Gasteiger partial charge in [-0.25, -0.2) is 9.18 Å². The van der Waals surface area contributed by atoms with E-state index >= 15 is 4.39 Å². The number of halogens is 1. The van der Waals surface area contributed by atoms with Crippen molar-refractivity contribution in [3.8, 4) is 11.8 Å². The summed E-state index contributed by atoms with van der Waals surface area (Å²) in [7, 11) is 1.81. The molecule has 10 heteroatoms. The molecule has 1 saturated heterocycles. The summed E-state index contributed by atoms with van der Waals surface area (Å²) in [6.07, 6.45) is 1.16. The van der Waals surface area contributed by atoms with Gasteiger partial charge in [0.1, 0.15) is 17.8 Å². The van der Waals surface area contributed by atoms with Crippen molar-refractivity contribution in [2.24, 2.45) is 5.92 Å². The maximum Gasteiger partial charge on any atom is 0.350 e. The minimum absolute atomic E-state index is 0.00781. The van der Waals surface area contributed by atoms with Crippen LogP contribution in [0.15, 0.2) is 15.7 Å². The lowest BCUT2D eigenvalue weighted by atomic mass is 9.97. The van der Waals surface area contributed by atoms with Gasteiger partial charge in [-0.3, -0.25) is 9.36 Å². The number of nitrogen functional groups attached to an aromatic ring is 1. The van der Waals surface area contributed by atoms with Crippen molar-refractivity contribution in [1.82, 2.24) is 14.6 Å². The molecule has 0 radical (unpaired) electrons. The van der Waals surface area contributed by atoms with Crippen LogP contribution >= 0.6 is 0 Å². The molecule has 154 valence electrons. The van der Waals surface area contributed by atoms with Crippen LogP contribution < -0.4 is 32.0 Å². The number of ether oxygens (including phenoxy) is 1. The molecule has 0 spiro atoms. The largest absolute Gasteiger partial charge is 0.487 e. The van der Waals surface area contributed by atoms with Crippen LogP contribution in [0.25, 0.3) is 10.9 Å². The Bertz CT molecular complexity index is 1130. The van der Waals surface area contributed by atoms with Crippen LogP contribution in [0.5, 0.6) is 5.75 Å². The topological polar surface area (TPSA) is 118 Å². The Kier molecular flexibility index (Phi) is 4.70. The van der Waals surface area contributed by atoms with E-state index in [1.165, 1.54) is 4.57 Å². The van der Waals surface area contributed by atoms with Gasteiger partial charge in [0.05, 0.1) is 23.9 Å². The minimum atomic E-state index is -0.755. The molecule has 3 atom stereocenters. The molecule has 0 saturated carbocycles. The SMILES string of the molecule is CNC(CC#N)C1CCN(c2c(F)cc3c(=O)n(N)c(=O)n4c3c2OC[C@@H]4C)C1. The highest BCUT2D eigenvalue weighted by Crippen LogP contribution is 2.42. The van der Waals surface area contributed by atoms with Gasteiger partial charge in [-0.1, -0.05) is 0 Å². The zero-order valence-corrected chi connectivity index (χ0v) is 16.3. The Labute approximate surface area is 166 Å². The number of benzene rings is 1. The molecule has 1 aromatic heterocycles. The second-order valence-corrected chi connectivity index (χ2v) is 7.67. The van der Waals surface area contributed by atoms with Crippen LogP contribution in [0.2, 0.25) is 0 Å². The van der Waals surface area contributed by atoms with Gasteiger partial charge >= 0.3 is 5.69 Å². The van der Waals surface area contributed by atoms with E-state index in [0.717, 1.165) is 12.5 Å². The fraction of sp³-hybridized carbons (Fsp3) is 0.526. The van der Waals surface area contributed by atoms with E-state index in [4.69, 9.17) is 15.8 Å². The van der Waals surface area contributed by atoms with Gasteiger partial charge in [0.15, 0.2) is 11.6 Å². The summed E-state index contributed by atoms with van der Waals surface area (Å²) in [4.78, 5) is 27.0. The van der Waals surface area contributed by atoms with Crippen molar-refractivity contribution in [3.05, 3.63) is 32.7 Å². The summed E-state index contributed by atoms with van der Waals surface area (Å²) in [5.74, 6) is 5.41. The smallest absolute Gasteiger partial charge is 0.350 e. The van der Waals surface area contributed by atoms with Crippen LogP contribution in [0, 0.1) is 23.1 Å². The van der Waals surface area contributed by atoms with E-state index in [1.54, 1.807) is 6.92 Å². The number of hydrogen-bond donors (Lipinski definition) is 2. The van der Waals surface area contributed by atoms with Gasteiger partial charge in [-0.05, 0) is 32.4 Å². The summed E-state index contributed by atoms with van der Waals surface area (Å²) < 4.78 is 22.9. The summed E-state index contributed by atoms with van der Waals surface area (Å²) in [5.41, 5.74) is -0.876. The zero-order valence-electron chi connectivity index (χ0n) is 16.3. The summed E-state index contributed by atoms with van der Waals surface area (Å²) >= 11 is 0. The molecule has 1 aromatic carbocycles. The Morgan fingerprint density at radius 3 is 2.93 bits per heavy atom. The number of rotatable bonds is 4. The molecule has 0 bridgehead atoms. The van der Waals surface area contributed by atoms with Gasteiger partial charge in [0, 0.05) is 19.1 Å². The van der Waals surface area contributed by atoms with Crippen LogP contribution in [0.1, 0.15) is 25.8 Å². The third-order valence-corrected chi connectivity index (χ3v) is 5.99. The van der Waals surface area contributed by atoms with E-state index < -0.39 is 17.1 Å². The third kappa shape index (κ3) is 2.84. The maximum atomic E-state index is 15.2. The first-order valence-electron chi connectivity index (χ1n) is 9.59. The Morgan fingerprint density at radius 1 is 1.48 bits per heavy atom. The zero-order chi connectivity index (χ0) is 20.9. The number of anilines is 1. The Morgan fingerprint density at radius 2 is 2.24 bits per heavy atom. The predicted molar refractivity (Wildman–Crippen MR) is 106 cm³/mol. The van der Waals surface area contributed by atoms with E-state index in [0.29, 0.717) is 24.2 Å². The minimum Gasteiger partial charge on any atom is -0.487 e. The summed E-state index contributed by atoms with van der Waals surface area (Å²) in [6, 6.07) is 2.98. The first-order chi connectivity index (χ1) is 13.9. The average molecular weight is 402 g/mol. The van der Waals surface area contributed by atoms with Crippen LogP contribution in [-0.4, -0.2) is 42.0 Å². The Balaban J connectivity index is 1.87. The van der Waals surface area contributed by atoms with Crippen molar-refractivity contribution in [2.75, 3.05) is 37.5 Å². The van der Waals surface area contributed by atoms with Gasteiger partial charge in [0.25, 0.3) is 5.56 Å². The van der Waals surface area contributed by atoms with Crippen LogP contribution in [0.4, 0.5) is 10.1 Å². The van der Waals surface area contributed by atoms with E-state index in [2.05, 4.69) is 11.4 Å². The molecule has 2 aliphatic heterocycles. The highest BCUT2D eigenvalue weighted by Gasteiger charge is 2.35. The van der Waals surface area contributed by atoms with Crippen molar-refractivity contribution in [1.29, 1.82) is 5.26 Å². The first-order valence-corrected chi connectivity index (χ1v) is 9.59. The molecule has 9 nitrogen and oxygen atoms in total. The lowest BCUT2D eigenvalue weighted by molar-refractivity contribution is 0.241. The lowest BCUT2D eigenvalue weighted by Crippen LogP contribution is -2.47. The normalized spacial score (nSPS) is 21.8. The maximum absolute atomic E-state index is 15.2. The molecule has 1 fully saturated rings. The highest BCUT2D eigenvalue weighted by atomic mass is 19.1. The molecular weight excluding hydrogens is 379 g/mol. The number of nitrogens with one attached hydrogen (secondary N) is 1. The molecule has 3 heterocycles. The number of hydrogen-bond acceptors (Lipinski definition) is 7. The molecule has 2 aliphatic rings. The van der Waals surface area contributed by atoms with Crippen molar-refractivity contribution in [2.45, 2.75) is 31.8 Å². The molecule has 29 heavy (non-hydrogen) atoms. The second kappa shape index (κ2) is 7.08. The van der Waals surface area contributed by atoms with E-state index in [1.807, 2.05) is 11.9 Å². The standard InChI is InChI=1S/C19H23FN6O3/c1-10-9-29-17-15-12(18(27)26(22)19(28)25(10)15)7-13(20)16(17)24-6-4-11(8-24)14(23-2)3-5-21/h7,10-11,14,23H,3-4,6,8-9,22H2,1-2H3/t10-,11?,14?/m0/s1. The number of nitrogens with zero attached hydrogens (tertiary/aromatic N) is 4. The second-order valence-electron chi connectivity index (χ2n) is 7.67. The Hall–Kier alpha value is -3.06. The fourth-order valence-corrected chi connectivity index (χ4v) is 4.48. The summed E-state index contributed by atoms with van der Waals surface area (Å²) in [5, 5.41) is 12.2. The summed E-state index contributed by atoms with van der Waals surface area (Å²) in [6.45, 7) is 3.07. The van der Waals surface area contributed by atoms with Crippen LogP contribution in [0.3, 0.4) is 0 Å². The number of nitriles is 1. The lowest BCUT2D eigenvalue weighted by Gasteiger charge is -2.30. The van der Waals surface area contributed by atoms with E-state index in [-0.39, 0.29) is 46.9 Å². The molecule has 3 N–H and O–H groups in total. The molecule has 0 aliphatic carbocycles. The highest BCUT2D eigenvalue weighted by molar-refractivity contribution is 5.91. The average Bonchev–Trinajstić information content (AvgIpc) is 3.18. The molecule has 0 amide bonds. The predicted octanol–water partition coefficient (Wildman–Crippen LogP) is 0.297. The number of nitrogens with two attached hydrogens (primary N) is 1. The van der Waals surface area contributed by atoms with Gasteiger partial charge in [0.2, 0.25) is 0 Å².